The lowest BCUT2D eigenvalue weighted by Gasteiger charge is -2.07. The largest absolute Gasteiger partial charge is 0.494 e. The molecule has 1 rings (SSSR count). The van der Waals surface area contributed by atoms with E-state index in [1.165, 1.54) is 13.2 Å². The van der Waals surface area contributed by atoms with Crippen LogP contribution in [0.2, 0.25) is 0 Å². The number of amides is 1. The van der Waals surface area contributed by atoms with E-state index in [9.17, 15) is 9.18 Å². The average Bonchev–Trinajstić information content (AvgIpc) is 2.45. The van der Waals surface area contributed by atoms with Crippen molar-refractivity contribution in [3.63, 3.8) is 0 Å². The quantitative estimate of drug-likeness (QED) is 0.707. The predicted molar refractivity (Wildman–Crippen MR) is 75.4 cm³/mol. The summed E-state index contributed by atoms with van der Waals surface area (Å²) in [6.45, 7) is 3.89. The monoisotopic (exact) mass is 283 g/mol. The van der Waals surface area contributed by atoms with Crippen molar-refractivity contribution in [2.75, 3.05) is 26.9 Å². The van der Waals surface area contributed by atoms with Gasteiger partial charge in [0.15, 0.2) is 11.6 Å². The Morgan fingerprint density at radius 3 is 2.85 bits per heavy atom. The molecule has 0 aliphatic heterocycles. The van der Waals surface area contributed by atoms with Crippen molar-refractivity contribution < 1.29 is 18.7 Å². The summed E-state index contributed by atoms with van der Waals surface area (Å²) in [5, 5.41) is 2.81. The van der Waals surface area contributed by atoms with Crippen LogP contribution in [0.1, 0.15) is 25.3 Å². The Balaban J connectivity index is 2.25. The molecular weight excluding hydrogens is 261 g/mol. The van der Waals surface area contributed by atoms with Gasteiger partial charge in [-0.2, -0.15) is 0 Å². The number of nitrogens with one attached hydrogen (secondary N) is 1. The molecule has 1 aromatic carbocycles. The third-order valence-corrected chi connectivity index (χ3v) is 2.85. The van der Waals surface area contributed by atoms with E-state index in [-0.39, 0.29) is 11.7 Å². The second-order valence-corrected chi connectivity index (χ2v) is 4.37. The van der Waals surface area contributed by atoms with Crippen LogP contribution in [0.15, 0.2) is 18.2 Å². The molecule has 0 radical (unpaired) electrons. The van der Waals surface area contributed by atoms with E-state index >= 15 is 0 Å². The Morgan fingerprint density at radius 2 is 2.20 bits per heavy atom. The highest BCUT2D eigenvalue weighted by Gasteiger charge is 2.06. The number of hydrogen-bond donors (Lipinski definition) is 1. The Bertz CT molecular complexity index is 424. The molecule has 0 unspecified atom stereocenters. The van der Waals surface area contributed by atoms with Gasteiger partial charge >= 0.3 is 0 Å². The third kappa shape index (κ3) is 6.02. The summed E-state index contributed by atoms with van der Waals surface area (Å²) in [6.07, 6.45) is 1.66. The van der Waals surface area contributed by atoms with Crippen molar-refractivity contribution in [3.05, 3.63) is 29.6 Å². The summed E-state index contributed by atoms with van der Waals surface area (Å²) < 4.78 is 23.5. The van der Waals surface area contributed by atoms with Gasteiger partial charge in [-0.3, -0.25) is 4.79 Å². The maximum atomic E-state index is 13.5. The Hall–Kier alpha value is -1.62. The fourth-order valence-electron chi connectivity index (χ4n) is 1.76. The summed E-state index contributed by atoms with van der Waals surface area (Å²) in [4.78, 5) is 11.6. The first-order valence-corrected chi connectivity index (χ1v) is 6.84. The molecule has 20 heavy (non-hydrogen) atoms. The molecule has 1 N–H and O–H groups in total. The van der Waals surface area contributed by atoms with Gasteiger partial charge in [-0.05, 0) is 37.5 Å². The van der Waals surface area contributed by atoms with Crippen molar-refractivity contribution in [3.8, 4) is 5.75 Å². The topological polar surface area (TPSA) is 47.6 Å². The molecule has 0 saturated heterocycles. The smallest absolute Gasteiger partial charge is 0.220 e. The molecule has 0 fully saturated rings. The molecule has 0 bridgehead atoms. The minimum atomic E-state index is -0.401. The number of rotatable bonds is 9. The molecule has 0 aromatic heterocycles. The van der Waals surface area contributed by atoms with Crippen LogP contribution in [0.5, 0.6) is 5.75 Å². The van der Waals surface area contributed by atoms with Gasteiger partial charge < -0.3 is 14.8 Å². The van der Waals surface area contributed by atoms with Crippen LogP contribution in [0.4, 0.5) is 4.39 Å². The summed E-state index contributed by atoms with van der Waals surface area (Å²) in [7, 11) is 1.42. The van der Waals surface area contributed by atoms with E-state index < -0.39 is 5.82 Å². The summed E-state index contributed by atoms with van der Waals surface area (Å²) in [5.41, 5.74) is 0.785. The molecule has 112 valence electrons. The molecular formula is C15H22FNO3. The number of aryl methyl sites for hydroxylation is 1. The summed E-state index contributed by atoms with van der Waals surface area (Å²) in [6, 6.07) is 4.75. The van der Waals surface area contributed by atoms with Gasteiger partial charge in [0.2, 0.25) is 5.91 Å². The van der Waals surface area contributed by atoms with Gasteiger partial charge in [-0.1, -0.05) is 6.07 Å². The minimum absolute atomic E-state index is 0.0299. The summed E-state index contributed by atoms with van der Waals surface area (Å²) in [5.74, 6) is -0.214. The van der Waals surface area contributed by atoms with E-state index in [1.54, 1.807) is 12.1 Å². The molecule has 0 heterocycles. The van der Waals surface area contributed by atoms with Crippen molar-refractivity contribution in [2.24, 2.45) is 0 Å². The van der Waals surface area contributed by atoms with Crippen LogP contribution in [0.25, 0.3) is 0 Å². The van der Waals surface area contributed by atoms with Gasteiger partial charge in [-0.25, -0.2) is 4.39 Å². The van der Waals surface area contributed by atoms with Crippen molar-refractivity contribution >= 4 is 5.91 Å². The number of ether oxygens (including phenoxy) is 2. The van der Waals surface area contributed by atoms with Crippen molar-refractivity contribution in [2.45, 2.75) is 26.2 Å². The number of benzene rings is 1. The molecule has 4 nitrogen and oxygen atoms in total. The zero-order valence-electron chi connectivity index (χ0n) is 12.1. The Kier molecular flexibility index (Phi) is 7.65. The first-order chi connectivity index (χ1) is 9.67. The van der Waals surface area contributed by atoms with Crippen LogP contribution in [-0.2, 0) is 16.0 Å². The summed E-state index contributed by atoms with van der Waals surface area (Å²) >= 11 is 0. The van der Waals surface area contributed by atoms with Gasteiger partial charge in [-0.15, -0.1) is 0 Å². The number of methoxy groups -OCH3 is 1. The van der Waals surface area contributed by atoms with E-state index in [4.69, 9.17) is 9.47 Å². The fraction of sp³-hybridized carbons (Fsp3) is 0.533. The van der Waals surface area contributed by atoms with Crippen LogP contribution < -0.4 is 10.1 Å². The first kappa shape index (κ1) is 16.4. The minimum Gasteiger partial charge on any atom is -0.494 e. The predicted octanol–water partition coefficient (Wildman–Crippen LogP) is 2.31. The average molecular weight is 283 g/mol. The lowest BCUT2D eigenvalue weighted by atomic mass is 10.1. The molecule has 1 aromatic rings. The Morgan fingerprint density at radius 1 is 1.40 bits per heavy atom. The molecule has 0 aliphatic carbocycles. The number of carbonyl (C=O) groups is 1. The van der Waals surface area contributed by atoms with Crippen molar-refractivity contribution in [1.29, 1.82) is 0 Å². The van der Waals surface area contributed by atoms with Gasteiger partial charge in [0, 0.05) is 26.2 Å². The standard InChI is InChI=1S/C15H22FNO3/c1-3-20-10-4-9-17-15(18)8-6-12-5-7-14(19-2)13(16)11-12/h5,7,11H,3-4,6,8-10H2,1-2H3,(H,17,18). The molecule has 0 saturated carbocycles. The number of carbonyl (C=O) groups excluding carboxylic acids is 1. The van der Waals surface area contributed by atoms with Crippen LogP contribution in [0, 0.1) is 5.82 Å². The van der Waals surface area contributed by atoms with E-state index in [0.29, 0.717) is 32.6 Å². The zero-order chi connectivity index (χ0) is 14.8. The number of halogens is 1. The van der Waals surface area contributed by atoms with Crippen LogP contribution in [0.3, 0.4) is 0 Å². The van der Waals surface area contributed by atoms with E-state index in [1.807, 2.05) is 6.92 Å². The lowest BCUT2D eigenvalue weighted by Crippen LogP contribution is -2.25. The Labute approximate surface area is 119 Å². The molecule has 0 atom stereocenters. The van der Waals surface area contributed by atoms with Gasteiger partial charge in [0.25, 0.3) is 0 Å². The maximum absolute atomic E-state index is 13.5. The fourth-order valence-corrected chi connectivity index (χ4v) is 1.76. The molecule has 0 spiro atoms. The maximum Gasteiger partial charge on any atom is 0.220 e. The third-order valence-electron chi connectivity index (χ3n) is 2.85. The van der Waals surface area contributed by atoms with Gasteiger partial charge in [0.1, 0.15) is 0 Å². The van der Waals surface area contributed by atoms with Crippen LogP contribution >= 0.6 is 0 Å². The van der Waals surface area contributed by atoms with E-state index in [0.717, 1.165) is 12.0 Å². The molecule has 5 heteroatoms. The highest BCUT2D eigenvalue weighted by molar-refractivity contribution is 5.76. The highest BCUT2D eigenvalue weighted by atomic mass is 19.1. The van der Waals surface area contributed by atoms with Gasteiger partial charge in [0.05, 0.1) is 7.11 Å². The zero-order valence-corrected chi connectivity index (χ0v) is 12.1. The first-order valence-electron chi connectivity index (χ1n) is 6.84. The molecule has 1 amide bonds. The normalized spacial score (nSPS) is 10.3. The van der Waals surface area contributed by atoms with Crippen molar-refractivity contribution in [1.82, 2.24) is 5.32 Å². The second-order valence-electron chi connectivity index (χ2n) is 4.37. The van der Waals surface area contributed by atoms with E-state index in [2.05, 4.69) is 5.32 Å². The SMILES string of the molecule is CCOCCCNC(=O)CCc1ccc(OC)c(F)c1. The second kappa shape index (κ2) is 9.31. The van der Waals surface area contributed by atoms with Crippen LogP contribution in [-0.4, -0.2) is 32.8 Å². The highest BCUT2D eigenvalue weighted by Crippen LogP contribution is 2.18. The lowest BCUT2D eigenvalue weighted by molar-refractivity contribution is -0.121. The molecule has 0 aliphatic rings. The number of hydrogen-bond acceptors (Lipinski definition) is 3.